The third-order valence-corrected chi connectivity index (χ3v) is 3.92. The molecule has 0 atom stereocenters. The minimum atomic E-state index is 0.169. The quantitative estimate of drug-likeness (QED) is 0.709. The lowest BCUT2D eigenvalue weighted by atomic mass is 10.0. The summed E-state index contributed by atoms with van der Waals surface area (Å²) in [5.41, 5.74) is 0.169. The number of hydrogen-bond acceptors (Lipinski definition) is 3. The molecule has 0 spiro atoms. The highest BCUT2D eigenvalue weighted by molar-refractivity contribution is 7.80. The highest BCUT2D eigenvalue weighted by atomic mass is 32.1. The number of hydrogen-bond donors (Lipinski definition) is 1. The normalized spacial score (nSPS) is 16.6. The van der Waals surface area contributed by atoms with Gasteiger partial charge in [0, 0.05) is 19.5 Å². The van der Waals surface area contributed by atoms with Crippen LogP contribution in [0.5, 0.6) is 0 Å². The van der Waals surface area contributed by atoms with Crippen molar-refractivity contribution < 1.29 is 4.79 Å². The molecule has 1 fully saturated rings. The van der Waals surface area contributed by atoms with Gasteiger partial charge in [-0.15, -0.1) is 0 Å². The Balaban J connectivity index is 2.50. The van der Waals surface area contributed by atoms with Gasteiger partial charge in [0.25, 0.3) is 0 Å². The molecule has 4 heteroatoms. The number of nitrogens with zero attached hydrogens (tertiary/aromatic N) is 2. The van der Waals surface area contributed by atoms with Gasteiger partial charge >= 0.3 is 0 Å². The van der Waals surface area contributed by atoms with Crippen molar-refractivity contribution in [2.24, 2.45) is 11.3 Å². The third-order valence-electron chi connectivity index (χ3n) is 3.25. The lowest BCUT2D eigenvalue weighted by Crippen LogP contribution is -2.36. The molecular weight excluding hydrogens is 232 g/mol. The van der Waals surface area contributed by atoms with Crippen LogP contribution in [0.4, 0.5) is 0 Å². The van der Waals surface area contributed by atoms with Crippen LogP contribution < -0.4 is 0 Å². The molecule has 17 heavy (non-hydrogen) atoms. The van der Waals surface area contributed by atoms with Crippen LogP contribution in [-0.4, -0.2) is 29.6 Å². The Kier molecular flexibility index (Phi) is 5.32. The van der Waals surface area contributed by atoms with Gasteiger partial charge < -0.3 is 4.90 Å². The minimum Gasteiger partial charge on any atom is -0.341 e. The molecule has 0 aliphatic heterocycles. The molecule has 1 rings (SSSR count). The van der Waals surface area contributed by atoms with Crippen LogP contribution in [-0.2, 0) is 4.79 Å². The van der Waals surface area contributed by atoms with Crippen molar-refractivity contribution in [3.8, 4) is 6.07 Å². The molecule has 1 amide bonds. The van der Waals surface area contributed by atoms with Crippen molar-refractivity contribution in [2.45, 2.75) is 39.5 Å². The second-order valence-corrected chi connectivity index (χ2v) is 5.79. The molecule has 3 nitrogen and oxygen atoms in total. The second kappa shape index (κ2) is 6.30. The molecule has 0 radical (unpaired) electrons. The van der Waals surface area contributed by atoms with E-state index in [2.05, 4.69) is 32.5 Å². The summed E-state index contributed by atoms with van der Waals surface area (Å²) >= 11 is 4.32. The van der Waals surface area contributed by atoms with Crippen molar-refractivity contribution in [1.82, 2.24) is 4.90 Å². The number of thiol groups is 1. The Bertz CT molecular complexity index is 305. The molecule has 1 saturated carbocycles. The molecule has 1 aliphatic rings. The zero-order valence-electron chi connectivity index (χ0n) is 10.8. The van der Waals surface area contributed by atoms with Crippen LogP contribution in [0.25, 0.3) is 0 Å². The molecule has 0 bridgehead atoms. The van der Waals surface area contributed by atoms with E-state index in [1.807, 2.05) is 4.90 Å². The largest absolute Gasteiger partial charge is 0.341 e. The van der Waals surface area contributed by atoms with E-state index < -0.39 is 0 Å². The fourth-order valence-electron chi connectivity index (χ4n) is 1.94. The summed E-state index contributed by atoms with van der Waals surface area (Å²) in [5, 5.41) is 8.62. The molecule has 0 aromatic rings. The monoisotopic (exact) mass is 254 g/mol. The number of carbonyl (C=O) groups is 1. The molecule has 0 aromatic carbocycles. The van der Waals surface area contributed by atoms with Crippen molar-refractivity contribution >= 4 is 18.5 Å². The van der Waals surface area contributed by atoms with Crippen LogP contribution in [0.3, 0.4) is 0 Å². The summed E-state index contributed by atoms with van der Waals surface area (Å²) in [6.07, 6.45) is 3.27. The van der Waals surface area contributed by atoms with Crippen LogP contribution in [0.15, 0.2) is 0 Å². The summed E-state index contributed by atoms with van der Waals surface area (Å²) < 4.78 is 0. The Morgan fingerprint density at radius 3 is 2.59 bits per heavy atom. The predicted molar refractivity (Wildman–Crippen MR) is 71.8 cm³/mol. The fraction of sp³-hybridized carbons (Fsp3) is 0.846. The van der Waals surface area contributed by atoms with Gasteiger partial charge in [-0.25, -0.2) is 0 Å². The number of rotatable bonds is 7. The van der Waals surface area contributed by atoms with Crippen molar-refractivity contribution in [3.05, 3.63) is 0 Å². The average Bonchev–Trinajstić information content (AvgIpc) is 3.04. The Morgan fingerprint density at radius 2 is 2.18 bits per heavy atom. The van der Waals surface area contributed by atoms with Gasteiger partial charge in [0.1, 0.15) is 0 Å². The molecule has 96 valence electrons. The van der Waals surface area contributed by atoms with E-state index in [-0.39, 0.29) is 11.3 Å². The van der Waals surface area contributed by atoms with Gasteiger partial charge in [-0.2, -0.15) is 17.9 Å². The maximum atomic E-state index is 12.2. The first-order valence-corrected chi connectivity index (χ1v) is 6.92. The Hall–Kier alpha value is -0.690. The van der Waals surface area contributed by atoms with Gasteiger partial charge in [0.2, 0.25) is 5.91 Å². The summed E-state index contributed by atoms with van der Waals surface area (Å²) in [5.74, 6) is 1.44. The van der Waals surface area contributed by atoms with Crippen molar-refractivity contribution in [1.29, 1.82) is 5.26 Å². The minimum absolute atomic E-state index is 0.169. The van der Waals surface area contributed by atoms with E-state index in [1.54, 1.807) is 0 Å². The molecule has 0 aromatic heterocycles. The molecule has 1 aliphatic carbocycles. The highest BCUT2D eigenvalue weighted by Crippen LogP contribution is 2.49. The average molecular weight is 254 g/mol. The first kappa shape index (κ1) is 14.4. The lowest BCUT2D eigenvalue weighted by Gasteiger charge is -2.25. The van der Waals surface area contributed by atoms with E-state index in [0.29, 0.717) is 25.3 Å². The lowest BCUT2D eigenvalue weighted by molar-refractivity contribution is -0.132. The Morgan fingerprint density at radius 1 is 1.53 bits per heavy atom. The van der Waals surface area contributed by atoms with Gasteiger partial charge in [0.05, 0.1) is 12.5 Å². The van der Waals surface area contributed by atoms with E-state index in [9.17, 15) is 4.79 Å². The number of carbonyl (C=O) groups excluding carboxylic acids is 1. The summed E-state index contributed by atoms with van der Waals surface area (Å²) in [6.45, 7) is 5.51. The zero-order chi connectivity index (χ0) is 12.9. The molecule has 0 saturated heterocycles. The maximum Gasteiger partial charge on any atom is 0.223 e. The third kappa shape index (κ3) is 4.59. The molecular formula is C13H22N2OS. The van der Waals surface area contributed by atoms with Gasteiger partial charge in [-0.3, -0.25) is 4.79 Å². The van der Waals surface area contributed by atoms with E-state index in [1.165, 1.54) is 0 Å². The van der Waals surface area contributed by atoms with Crippen molar-refractivity contribution in [2.75, 3.05) is 18.8 Å². The van der Waals surface area contributed by atoms with Crippen LogP contribution in [0.2, 0.25) is 0 Å². The SMILES string of the molecule is CC(C)CN(CCC#N)C(=O)CC1(CS)CC1. The first-order valence-electron chi connectivity index (χ1n) is 6.28. The zero-order valence-corrected chi connectivity index (χ0v) is 11.7. The van der Waals surface area contributed by atoms with E-state index in [0.717, 1.165) is 25.1 Å². The van der Waals surface area contributed by atoms with E-state index in [4.69, 9.17) is 5.26 Å². The van der Waals surface area contributed by atoms with Crippen molar-refractivity contribution in [3.63, 3.8) is 0 Å². The van der Waals surface area contributed by atoms with Crippen LogP contribution in [0.1, 0.15) is 39.5 Å². The van der Waals surface area contributed by atoms with Gasteiger partial charge in [-0.05, 0) is 29.9 Å². The first-order chi connectivity index (χ1) is 8.03. The summed E-state index contributed by atoms with van der Waals surface area (Å²) in [6, 6.07) is 2.11. The van der Waals surface area contributed by atoms with Gasteiger partial charge in [0.15, 0.2) is 0 Å². The fourth-order valence-corrected chi connectivity index (χ4v) is 2.37. The number of nitriles is 1. The molecule has 0 heterocycles. The van der Waals surface area contributed by atoms with Crippen LogP contribution >= 0.6 is 12.6 Å². The number of amides is 1. The maximum absolute atomic E-state index is 12.2. The summed E-state index contributed by atoms with van der Waals surface area (Å²) in [4.78, 5) is 14.0. The second-order valence-electron chi connectivity index (χ2n) is 5.48. The molecule has 0 N–H and O–H groups in total. The standard InChI is InChI=1S/C13H22N2OS/c1-11(2)9-15(7-3-6-14)12(16)8-13(10-17)4-5-13/h11,17H,3-5,7-10H2,1-2H3. The predicted octanol–water partition coefficient (Wildman–Crippen LogP) is 2.48. The van der Waals surface area contributed by atoms with Gasteiger partial charge in [-0.1, -0.05) is 13.8 Å². The van der Waals surface area contributed by atoms with E-state index >= 15 is 0 Å². The van der Waals surface area contributed by atoms with Crippen LogP contribution in [0, 0.1) is 22.7 Å². The highest BCUT2D eigenvalue weighted by Gasteiger charge is 2.43. The Labute approximate surface area is 110 Å². The smallest absolute Gasteiger partial charge is 0.223 e. The molecule has 0 unspecified atom stereocenters. The topological polar surface area (TPSA) is 44.1 Å². The summed E-state index contributed by atoms with van der Waals surface area (Å²) in [7, 11) is 0.